The number of ether oxygens (including phenoxy) is 1. The average molecular weight is 598 g/mol. The molecular formula is C34H27N7O4. The molecule has 2 aromatic heterocycles. The molecular weight excluding hydrogens is 570 g/mol. The van der Waals surface area contributed by atoms with Crippen molar-refractivity contribution in [1.29, 1.82) is 0 Å². The van der Waals surface area contributed by atoms with Crippen molar-refractivity contribution in [1.82, 2.24) is 35.2 Å². The smallest absolute Gasteiger partial charge is 0.314 e. The number of hydrogen-bond acceptors (Lipinski definition) is 9. The van der Waals surface area contributed by atoms with E-state index in [2.05, 4.69) is 20.6 Å². The first kappa shape index (κ1) is 27.1. The Morgan fingerprint density at radius 3 is 2.33 bits per heavy atom. The van der Waals surface area contributed by atoms with Gasteiger partial charge in [-0.2, -0.15) is 10.3 Å². The van der Waals surface area contributed by atoms with Crippen molar-refractivity contribution in [3.05, 3.63) is 130 Å². The van der Waals surface area contributed by atoms with Gasteiger partial charge in [-0.25, -0.2) is 4.98 Å². The number of cyclic esters (lactones) is 1. The molecule has 0 amide bonds. The molecule has 0 aliphatic carbocycles. The highest BCUT2D eigenvalue weighted by molar-refractivity contribution is 5.81. The third-order valence-electron chi connectivity index (χ3n) is 8.44. The van der Waals surface area contributed by atoms with Crippen LogP contribution in [0.1, 0.15) is 23.0 Å². The number of nitrogens with one attached hydrogen (secondary N) is 1. The summed E-state index contributed by atoms with van der Waals surface area (Å²) < 4.78 is 7.09. The maximum absolute atomic E-state index is 14.1. The van der Waals surface area contributed by atoms with Crippen LogP contribution in [0.2, 0.25) is 0 Å². The number of carbonyl (C=O) groups is 1. The Labute approximate surface area is 257 Å². The molecule has 3 atom stereocenters. The minimum Gasteiger partial charge on any atom is -0.462 e. The highest BCUT2D eigenvalue weighted by Gasteiger charge is 2.55. The van der Waals surface area contributed by atoms with Crippen molar-refractivity contribution < 1.29 is 14.4 Å². The molecule has 3 unspecified atom stereocenters. The first-order valence-corrected chi connectivity index (χ1v) is 14.7. The number of benzene rings is 4. The van der Waals surface area contributed by atoms with Crippen LogP contribution in [0.25, 0.3) is 33.4 Å². The molecule has 2 aliphatic rings. The molecule has 2 aliphatic heterocycles. The first-order valence-electron chi connectivity index (χ1n) is 14.7. The van der Waals surface area contributed by atoms with Gasteiger partial charge < -0.3 is 4.74 Å². The summed E-state index contributed by atoms with van der Waals surface area (Å²) in [6.07, 6.45) is -0.457. The highest BCUT2D eigenvalue weighted by atomic mass is 16.7. The second-order valence-corrected chi connectivity index (χ2v) is 11.2. The van der Waals surface area contributed by atoms with E-state index in [9.17, 15) is 9.59 Å². The number of hydroxylamine groups is 2. The lowest BCUT2D eigenvalue weighted by Crippen LogP contribution is -2.35. The van der Waals surface area contributed by atoms with Crippen molar-refractivity contribution in [2.24, 2.45) is 5.92 Å². The van der Waals surface area contributed by atoms with Gasteiger partial charge in [-0.15, -0.1) is 10.2 Å². The minimum atomic E-state index is -0.622. The monoisotopic (exact) mass is 597 g/mol. The second kappa shape index (κ2) is 11.2. The molecule has 222 valence electrons. The number of nitrogens with zero attached hydrogens (tertiary/aromatic N) is 6. The van der Waals surface area contributed by atoms with Gasteiger partial charge in [0, 0.05) is 12.1 Å². The van der Waals surface area contributed by atoms with Gasteiger partial charge in [-0.1, -0.05) is 91.0 Å². The molecule has 4 heterocycles. The number of H-pyrrole nitrogens is 1. The van der Waals surface area contributed by atoms with E-state index in [1.54, 1.807) is 15.7 Å². The van der Waals surface area contributed by atoms with Gasteiger partial charge in [0.1, 0.15) is 30.5 Å². The van der Waals surface area contributed by atoms with Gasteiger partial charge in [0.2, 0.25) is 5.82 Å². The molecule has 11 nitrogen and oxygen atoms in total. The zero-order valence-corrected chi connectivity index (χ0v) is 24.0. The number of fused-ring (bicyclic) bond motifs is 2. The van der Waals surface area contributed by atoms with E-state index in [-0.39, 0.29) is 24.7 Å². The summed E-state index contributed by atoms with van der Waals surface area (Å²) in [7, 11) is 0. The number of aromatic amines is 1. The highest BCUT2D eigenvalue weighted by Crippen LogP contribution is 2.43. The zero-order chi connectivity index (χ0) is 30.3. The molecule has 11 heteroatoms. The maximum Gasteiger partial charge on any atom is 0.314 e. The fourth-order valence-corrected chi connectivity index (χ4v) is 6.29. The lowest BCUT2D eigenvalue weighted by Gasteiger charge is -2.27. The van der Waals surface area contributed by atoms with Crippen molar-refractivity contribution >= 4 is 16.9 Å². The number of esters is 1. The number of aromatic nitrogens is 6. The van der Waals surface area contributed by atoms with Gasteiger partial charge in [-0.05, 0) is 39.6 Å². The quantitative estimate of drug-likeness (QED) is 0.268. The topological polar surface area (TPSA) is 128 Å². The van der Waals surface area contributed by atoms with Crippen LogP contribution in [-0.4, -0.2) is 53.9 Å². The molecule has 2 saturated heterocycles. The van der Waals surface area contributed by atoms with Crippen molar-refractivity contribution in [3.8, 4) is 22.5 Å². The van der Waals surface area contributed by atoms with Crippen LogP contribution in [0.5, 0.6) is 0 Å². The molecule has 45 heavy (non-hydrogen) atoms. The predicted octanol–water partition coefficient (Wildman–Crippen LogP) is 4.32. The van der Waals surface area contributed by atoms with Gasteiger partial charge in [0.25, 0.3) is 5.56 Å². The Morgan fingerprint density at radius 1 is 0.800 bits per heavy atom. The summed E-state index contributed by atoms with van der Waals surface area (Å²) in [4.78, 5) is 38.5. The standard InChI is InChI=1S/C34H27N7O4/c42-33-26-12-6-7-13-27(26)35-32(30-29-28(20-44-34(29)43)45-41(30)19-21-8-2-1-3-9-21)40(33)18-22-14-16-23(17-15-22)24-10-4-5-11-25(24)31-36-38-39-37-31/h1-17,28-30H,18-20H2,(H,36,37,38,39). The first-order chi connectivity index (χ1) is 22.1. The van der Waals surface area contributed by atoms with Crippen molar-refractivity contribution in [2.75, 3.05) is 6.61 Å². The third kappa shape index (κ3) is 4.88. The fourth-order valence-electron chi connectivity index (χ4n) is 6.29. The van der Waals surface area contributed by atoms with E-state index >= 15 is 0 Å². The summed E-state index contributed by atoms with van der Waals surface area (Å²) in [5, 5.41) is 16.8. The number of carbonyl (C=O) groups excluding carboxylic acids is 1. The van der Waals surface area contributed by atoms with E-state index in [1.165, 1.54) is 0 Å². The summed E-state index contributed by atoms with van der Waals surface area (Å²) in [5.74, 6) is 0.0133. The largest absolute Gasteiger partial charge is 0.462 e. The summed E-state index contributed by atoms with van der Waals surface area (Å²) in [5.41, 5.74) is 5.08. The maximum atomic E-state index is 14.1. The lowest BCUT2D eigenvalue weighted by molar-refractivity contribution is -0.182. The van der Waals surface area contributed by atoms with Crippen molar-refractivity contribution in [2.45, 2.75) is 25.2 Å². The normalized spacial score (nSPS) is 19.6. The molecule has 0 bridgehead atoms. The second-order valence-electron chi connectivity index (χ2n) is 11.2. The fraction of sp³-hybridized carbons (Fsp3) is 0.176. The Kier molecular flexibility index (Phi) is 6.73. The van der Waals surface area contributed by atoms with Gasteiger partial charge in [-0.3, -0.25) is 19.0 Å². The van der Waals surface area contributed by atoms with Crippen molar-refractivity contribution in [3.63, 3.8) is 0 Å². The van der Waals surface area contributed by atoms with E-state index in [4.69, 9.17) is 14.6 Å². The van der Waals surface area contributed by atoms with E-state index in [0.717, 1.165) is 27.8 Å². The Hall–Kier alpha value is -5.52. The summed E-state index contributed by atoms with van der Waals surface area (Å²) in [6, 6.07) is 32.4. The number of para-hydroxylation sites is 1. The van der Waals surface area contributed by atoms with Gasteiger partial charge in [0.15, 0.2) is 0 Å². The predicted molar refractivity (Wildman–Crippen MR) is 164 cm³/mol. The molecule has 0 spiro atoms. The van der Waals surface area contributed by atoms with Crippen LogP contribution in [-0.2, 0) is 27.5 Å². The number of rotatable bonds is 7. The van der Waals surface area contributed by atoms with E-state index in [0.29, 0.717) is 29.1 Å². The Morgan fingerprint density at radius 2 is 1.53 bits per heavy atom. The van der Waals surface area contributed by atoms with Crippen LogP contribution >= 0.6 is 0 Å². The van der Waals surface area contributed by atoms with E-state index in [1.807, 2.05) is 97.1 Å². The zero-order valence-electron chi connectivity index (χ0n) is 24.0. The van der Waals surface area contributed by atoms with Gasteiger partial charge in [0.05, 0.1) is 17.4 Å². The summed E-state index contributed by atoms with van der Waals surface area (Å²) >= 11 is 0. The summed E-state index contributed by atoms with van der Waals surface area (Å²) in [6.45, 7) is 0.833. The third-order valence-corrected chi connectivity index (χ3v) is 8.44. The molecule has 2 fully saturated rings. The Balaban J connectivity index is 1.20. The molecule has 0 radical (unpaired) electrons. The molecule has 8 rings (SSSR count). The Bertz CT molecular complexity index is 2060. The van der Waals surface area contributed by atoms with Crippen LogP contribution in [0, 0.1) is 5.92 Å². The van der Waals surface area contributed by atoms with Gasteiger partial charge >= 0.3 is 5.97 Å². The molecule has 6 aromatic rings. The molecule has 4 aromatic carbocycles. The molecule has 1 N–H and O–H groups in total. The lowest BCUT2D eigenvalue weighted by atomic mass is 9.95. The van der Waals surface area contributed by atoms with Crippen LogP contribution < -0.4 is 5.56 Å². The molecule has 0 saturated carbocycles. The SMILES string of the molecule is O=C1OCC2ON(Cc3ccccc3)C(c3nc4ccccc4c(=O)n3Cc3ccc(-c4ccccc4-c4nn[nH]n4)cc3)C12. The van der Waals surface area contributed by atoms with E-state index < -0.39 is 18.1 Å². The average Bonchev–Trinajstić information content (AvgIpc) is 3.82. The van der Waals surface area contributed by atoms with Crippen LogP contribution in [0.15, 0.2) is 108 Å². The minimum absolute atomic E-state index is 0.163. The number of hydrogen-bond donors (Lipinski definition) is 1. The number of tetrazole rings is 1. The van der Waals surface area contributed by atoms with Crippen LogP contribution in [0.4, 0.5) is 0 Å². The van der Waals surface area contributed by atoms with Crippen LogP contribution in [0.3, 0.4) is 0 Å².